The first-order valence-corrected chi connectivity index (χ1v) is 7.03. The van der Waals surface area contributed by atoms with Crippen LogP contribution >= 0.6 is 0 Å². The van der Waals surface area contributed by atoms with Gasteiger partial charge in [-0.1, -0.05) is 17.7 Å². The molecular weight excluding hydrogens is 270 g/mol. The zero-order chi connectivity index (χ0) is 15.3. The number of hydrogen-bond donors (Lipinski definition) is 4. The zero-order valence-electron chi connectivity index (χ0n) is 12.1. The molecule has 1 amide bonds. The van der Waals surface area contributed by atoms with Crippen molar-refractivity contribution in [3.8, 4) is 0 Å². The Morgan fingerprint density at radius 3 is 2.43 bits per heavy atom. The number of carbonyl (C=O) groups excluding carboxylic acids is 1. The van der Waals surface area contributed by atoms with Crippen LogP contribution in [0.3, 0.4) is 0 Å². The lowest BCUT2D eigenvalue weighted by atomic mass is 9.88. The van der Waals surface area contributed by atoms with Gasteiger partial charge in [-0.15, -0.1) is 0 Å². The molecule has 0 radical (unpaired) electrons. The highest BCUT2D eigenvalue weighted by Gasteiger charge is 2.38. The minimum atomic E-state index is -0.812. The Balaban J connectivity index is 1.73. The van der Waals surface area contributed by atoms with Crippen molar-refractivity contribution in [1.29, 1.82) is 0 Å². The third-order valence-corrected chi connectivity index (χ3v) is 3.64. The van der Waals surface area contributed by atoms with Crippen molar-refractivity contribution in [2.75, 3.05) is 26.2 Å². The fourth-order valence-corrected chi connectivity index (χ4v) is 2.34. The summed E-state index contributed by atoms with van der Waals surface area (Å²) in [4.78, 5) is 22.7. The summed E-state index contributed by atoms with van der Waals surface area (Å²) in [5.74, 6) is -0.927. The van der Waals surface area contributed by atoms with Gasteiger partial charge in [0.1, 0.15) is 0 Å². The van der Waals surface area contributed by atoms with Crippen LogP contribution in [0.1, 0.15) is 22.3 Å². The maximum absolute atomic E-state index is 11.9. The molecule has 6 heteroatoms. The first-order valence-electron chi connectivity index (χ1n) is 7.03. The van der Waals surface area contributed by atoms with Gasteiger partial charge in [-0.2, -0.15) is 0 Å². The van der Waals surface area contributed by atoms with Crippen molar-refractivity contribution in [3.63, 3.8) is 0 Å². The molecule has 0 atom stereocenters. The van der Waals surface area contributed by atoms with Crippen LogP contribution in [-0.4, -0.2) is 48.7 Å². The minimum absolute atomic E-state index is 0.0892. The second-order valence-corrected chi connectivity index (χ2v) is 5.50. The summed E-state index contributed by atoms with van der Waals surface area (Å²) < 4.78 is 0. The molecule has 0 saturated carbocycles. The Kier molecular flexibility index (Phi) is 4.93. The van der Waals surface area contributed by atoms with Crippen molar-refractivity contribution < 1.29 is 14.7 Å². The highest BCUT2D eigenvalue weighted by Crippen LogP contribution is 2.15. The van der Waals surface area contributed by atoms with Crippen molar-refractivity contribution in [2.24, 2.45) is 0 Å². The lowest BCUT2D eigenvalue weighted by Gasteiger charge is -2.42. The summed E-state index contributed by atoms with van der Waals surface area (Å²) in [5, 5.41) is 18.0. The van der Waals surface area contributed by atoms with Crippen LogP contribution in [0.15, 0.2) is 24.3 Å². The van der Waals surface area contributed by atoms with Crippen molar-refractivity contribution >= 4 is 11.9 Å². The normalized spacial score (nSPS) is 16.0. The SMILES string of the molecule is Cc1ccc(C(=O)NCCNC2(CC(=O)O)CNC2)cc1. The number of amides is 1. The van der Waals surface area contributed by atoms with Gasteiger partial charge in [0.05, 0.1) is 12.0 Å². The third-order valence-electron chi connectivity index (χ3n) is 3.64. The Labute approximate surface area is 123 Å². The van der Waals surface area contributed by atoms with Crippen LogP contribution in [0.5, 0.6) is 0 Å². The molecule has 0 aliphatic carbocycles. The third kappa shape index (κ3) is 4.27. The fraction of sp³-hybridized carbons (Fsp3) is 0.467. The van der Waals surface area contributed by atoms with Gasteiger partial charge in [-0.05, 0) is 19.1 Å². The van der Waals surface area contributed by atoms with Gasteiger partial charge in [0.15, 0.2) is 0 Å². The van der Waals surface area contributed by atoms with Gasteiger partial charge in [0, 0.05) is 31.7 Å². The number of rotatable bonds is 7. The molecule has 1 aliphatic heterocycles. The average molecular weight is 291 g/mol. The molecule has 6 nitrogen and oxygen atoms in total. The average Bonchev–Trinajstić information content (AvgIpc) is 2.40. The van der Waals surface area contributed by atoms with Crippen molar-refractivity contribution in [3.05, 3.63) is 35.4 Å². The number of aliphatic carboxylic acids is 1. The Morgan fingerprint density at radius 1 is 1.24 bits per heavy atom. The molecule has 1 heterocycles. The number of carbonyl (C=O) groups is 2. The number of aryl methyl sites for hydroxylation is 1. The maximum atomic E-state index is 11.9. The monoisotopic (exact) mass is 291 g/mol. The van der Waals surface area contributed by atoms with E-state index in [1.165, 1.54) is 0 Å². The van der Waals surface area contributed by atoms with Crippen LogP contribution in [0.25, 0.3) is 0 Å². The lowest BCUT2D eigenvalue weighted by Crippen LogP contribution is -2.69. The molecule has 1 aromatic rings. The Morgan fingerprint density at radius 2 is 1.90 bits per heavy atom. The van der Waals surface area contributed by atoms with Crippen LogP contribution in [0.2, 0.25) is 0 Å². The highest BCUT2D eigenvalue weighted by molar-refractivity contribution is 5.94. The molecule has 1 aliphatic rings. The summed E-state index contributed by atoms with van der Waals surface area (Å²) in [6, 6.07) is 7.38. The molecule has 0 bridgehead atoms. The molecule has 21 heavy (non-hydrogen) atoms. The Bertz CT molecular complexity index is 509. The van der Waals surface area contributed by atoms with Crippen LogP contribution < -0.4 is 16.0 Å². The summed E-state index contributed by atoms with van der Waals surface area (Å²) >= 11 is 0. The largest absolute Gasteiger partial charge is 0.481 e. The highest BCUT2D eigenvalue weighted by atomic mass is 16.4. The van der Waals surface area contributed by atoms with Gasteiger partial charge >= 0.3 is 5.97 Å². The smallest absolute Gasteiger partial charge is 0.305 e. The first kappa shape index (κ1) is 15.5. The van der Waals surface area contributed by atoms with Gasteiger partial charge in [0.2, 0.25) is 0 Å². The van der Waals surface area contributed by atoms with Gasteiger partial charge in [-0.25, -0.2) is 0 Å². The van der Waals surface area contributed by atoms with Crippen molar-refractivity contribution in [1.82, 2.24) is 16.0 Å². The molecule has 0 spiro atoms. The lowest BCUT2D eigenvalue weighted by molar-refractivity contribution is -0.139. The topological polar surface area (TPSA) is 90.5 Å². The van der Waals surface area contributed by atoms with Gasteiger partial charge in [0.25, 0.3) is 5.91 Å². The standard InChI is InChI=1S/C15H21N3O3/c1-11-2-4-12(5-3-11)14(21)17-6-7-18-15(8-13(19)20)9-16-10-15/h2-5,16,18H,6-10H2,1H3,(H,17,21)(H,19,20). The molecular formula is C15H21N3O3. The van der Waals surface area contributed by atoms with E-state index in [9.17, 15) is 9.59 Å². The van der Waals surface area contributed by atoms with Gasteiger partial charge < -0.3 is 21.1 Å². The Hall–Kier alpha value is -1.92. The van der Waals surface area contributed by atoms with E-state index in [0.717, 1.165) is 5.56 Å². The molecule has 114 valence electrons. The van der Waals surface area contributed by atoms with E-state index in [2.05, 4.69) is 16.0 Å². The van der Waals surface area contributed by atoms with E-state index in [4.69, 9.17) is 5.11 Å². The minimum Gasteiger partial charge on any atom is -0.481 e. The van der Waals surface area contributed by atoms with E-state index in [0.29, 0.717) is 31.7 Å². The number of hydrogen-bond acceptors (Lipinski definition) is 4. The predicted molar refractivity (Wildman–Crippen MR) is 79.4 cm³/mol. The van der Waals surface area contributed by atoms with E-state index in [-0.39, 0.29) is 17.9 Å². The van der Waals surface area contributed by atoms with Crippen LogP contribution in [0, 0.1) is 6.92 Å². The second-order valence-electron chi connectivity index (χ2n) is 5.50. The van der Waals surface area contributed by atoms with Crippen molar-refractivity contribution in [2.45, 2.75) is 18.9 Å². The molecule has 0 unspecified atom stereocenters. The number of carboxylic acids is 1. The molecule has 4 N–H and O–H groups in total. The van der Waals surface area contributed by atoms with E-state index in [1.807, 2.05) is 19.1 Å². The summed E-state index contributed by atoms with van der Waals surface area (Å²) in [5.41, 5.74) is 1.37. The predicted octanol–water partition coefficient (Wildman–Crippen LogP) is 0.131. The van der Waals surface area contributed by atoms with Crippen LogP contribution in [-0.2, 0) is 4.79 Å². The van der Waals surface area contributed by atoms with E-state index >= 15 is 0 Å². The van der Waals surface area contributed by atoms with Gasteiger partial charge in [-0.3, -0.25) is 9.59 Å². The second kappa shape index (κ2) is 6.69. The summed E-state index contributed by atoms with van der Waals surface area (Å²) in [6.45, 7) is 4.28. The quantitative estimate of drug-likeness (QED) is 0.536. The number of nitrogens with one attached hydrogen (secondary N) is 3. The van der Waals surface area contributed by atoms with Crippen LogP contribution in [0.4, 0.5) is 0 Å². The number of carboxylic acid groups (broad SMARTS) is 1. The molecule has 2 rings (SSSR count). The summed E-state index contributed by atoms with van der Waals surface area (Å²) in [7, 11) is 0. The summed E-state index contributed by atoms with van der Waals surface area (Å²) in [6.07, 6.45) is 0.0892. The fourth-order valence-electron chi connectivity index (χ4n) is 2.34. The van der Waals surface area contributed by atoms with E-state index in [1.54, 1.807) is 12.1 Å². The van der Waals surface area contributed by atoms with E-state index < -0.39 is 5.97 Å². The molecule has 1 aromatic carbocycles. The molecule has 0 aromatic heterocycles. The number of benzene rings is 1. The zero-order valence-corrected chi connectivity index (χ0v) is 12.1. The molecule has 1 saturated heterocycles. The maximum Gasteiger partial charge on any atom is 0.305 e. The first-order chi connectivity index (χ1) is 10.0. The molecule has 1 fully saturated rings.